The van der Waals surface area contributed by atoms with Crippen molar-refractivity contribution in [2.45, 2.75) is 6.42 Å². The van der Waals surface area contributed by atoms with Gasteiger partial charge >= 0.3 is 0 Å². The van der Waals surface area contributed by atoms with Crippen molar-refractivity contribution in [1.29, 1.82) is 0 Å². The highest BCUT2D eigenvalue weighted by Gasteiger charge is 2.14. The molecule has 1 heterocycles. The number of nitrogens with two attached hydrogens (primary N) is 1. The number of nitrogens with one attached hydrogen (secondary N) is 2. The summed E-state index contributed by atoms with van der Waals surface area (Å²) in [5.74, 6) is -1.30. The van der Waals surface area contributed by atoms with E-state index in [-0.39, 0.29) is 23.8 Å². The number of hydrogen-bond acceptors (Lipinski definition) is 5. The molecule has 142 valence electrons. The largest absolute Gasteiger partial charge is 0.366 e. The SMILES string of the molecule is NC(=O)c1ccccc1NC(=O)Cc1csc(NC(=O)c2ccc(Cl)cc2)n1. The Morgan fingerprint density at radius 3 is 2.46 bits per heavy atom. The van der Waals surface area contributed by atoms with Gasteiger partial charge in [0.05, 0.1) is 23.4 Å². The molecule has 1 aromatic heterocycles. The summed E-state index contributed by atoms with van der Waals surface area (Å²) in [6.07, 6.45) is -0.0135. The molecule has 3 aromatic rings. The predicted molar refractivity (Wildman–Crippen MR) is 109 cm³/mol. The highest BCUT2D eigenvalue weighted by molar-refractivity contribution is 7.14. The summed E-state index contributed by atoms with van der Waals surface area (Å²) in [5.41, 5.74) is 6.80. The van der Waals surface area contributed by atoms with Crippen molar-refractivity contribution in [3.8, 4) is 0 Å². The molecular weight excluding hydrogens is 400 g/mol. The number of aromatic nitrogens is 1. The minimum Gasteiger partial charge on any atom is -0.366 e. The van der Waals surface area contributed by atoms with Crippen LogP contribution < -0.4 is 16.4 Å². The van der Waals surface area contributed by atoms with Crippen molar-refractivity contribution in [3.05, 3.63) is 75.8 Å². The van der Waals surface area contributed by atoms with Crippen molar-refractivity contribution in [2.75, 3.05) is 10.6 Å². The van der Waals surface area contributed by atoms with Crippen LogP contribution in [-0.2, 0) is 11.2 Å². The van der Waals surface area contributed by atoms with Gasteiger partial charge in [-0.1, -0.05) is 23.7 Å². The second-order valence-electron chi connectivity index (χ2n) is 5.74. The minimum atomic E-state index is -0.628. The molecule has 4 N–H and O–H groups in total. The molecule has 0 saturated carbocycles. The normalized spacial score (nSPS) is 10.3. The summed E-state index contributed by atoms with van der Waals surface area (Å²) in [6.45, 7) is 0. The first-order valence-electron chi connectivity index (χ1n) is 8.12. The van der Waals surface area contributed by atoms with Gasteiger partial charge in [0.15, 0.2) is 5.13 Å². The molecule has 3 rings (SSSR count). The zero-order valence-electron chi connectivity index (χ0n) is 14.4. The Bertz CT molecular complexity index is 1030. The van der Waals surface area contributed by atoms with Gasteiger partial charge in [-0.05, 0) is 36.4 Å². The molecule has 0 fully saturated rings. The number of carbonyl (C=O) groups is 3. The smallest absolute Gasteiger partial charge is 0.257 e. The molecule has 0 aliphatic rings. The molecule has 0 radical (unpaired) electrons. The predicted octanol–water partition coefficient (Wildman–Crippen LogP) is 3.33. The van der Waals surface area contributed by atoms with E-state index >= 15 is 0 Å². The number of nitrogens with zero attached hydrogens (tertiary/aromatic N) is 1. The molecule has 28 heavy (non-hydrogen) atoms. The van der Waals surface area contributed by atoms with Crippen molar-refractivity contribution in [2.24, 2.45) is 5.73 Å². The van der Waals surface area contributed by atoms with Crippen LogP contribution in [0.3, 0.4) is 0 Å². The third-order valence-corrected chi connectivity index (χ3v) is 4.75. The quantitative estimate of drug-likeness (QED) is 0.573. The van der Waals surface area contributed by atoms with Gasteiger partial charge < -0.3 is 11.1 Å². The Morgan fingerprint density at radius 1 is 1.04 bits per heavy atom. The number of hydrogen-bond donors (Lipinski definition) is 3. The number of primary amides is 1. The summed E-state index contributed by atoms with van der Waals surface area (Å²) < 4.78 is 0. The number of anilines is 2. The van der Waals surface area contributed by atoms with Crippen LogP contribution >= 0.6 is 22.9 Å². The molecular formula is C19H15ClN4O3S. The molecule has 0 saturated heterocycles. The van der Waals surface area contributed by atoms with Crippen molar-refractivity contribution < 1.29 is 14.4 Å². The van der Waals surface area contributed by atoms with E-state index in [1.807, 2.05) is 0 Å². The summed E-state index contributed by atoms with van der Waals surface area (Å²) >= 11 is 7.02. The monoisotopic (exact) mass is 414 g/mol. The topological polar surface area (TPSA) is 114 Å². The van der Waals surface area contributed by atoms with E-state index in [0.29, 0.717) is 27.1 Å². The van der Waals surface area contributed by atoms with Crippen LogP contribution in [0.1, 0.15) is 26.4 Å². The average Bonchev–Trinajstić information content (AvgIpc) is 3.09. The Labute approximate surface area is 169 Å². The zero-order chi connectivity index (χ0) is 20.1. The van der Waals surface area contributed by atoms with E-state index in [1.165, 1.54) is 17.4 Å². The lowest BCUT2D eigenvalue weighted by molar-refractivity contribution is -0.115. The Hall–Kier alpha value is -3.23. The van der Waals surface area contributed by atoms with Crippen LogP contribution in [0.25, 0.3) is 0 Å². The summed E-state index contributed by atoms with van der Waals surface area (Å²) in [7, 11) is 0. The van der Waals surface area contributed by atoms with Gasteiger partial charge in [-0.25, -0.2) is 4.98 Å². The van der Waals surface area contributed by atoms with Crippen molar-refractivity contribution in [1.82, 2.24) is 4.98 Å². The maximum atomic E-state index is 12.2. The highest BCUT2D eigenvalue weighted by atomic mass is 35.5. The third kappa shape index (κ3) is 4.93. The highest BCUT2D eigenvalue weighted by Crippen LogP contribution is 2.19. The molecule has 0 aliphatic heterocycles. The van der Waals surface area contributed by atoms with Gasteiger partial charge in [0.2, 0.25) is 5.91 Å². The second-order valence-corrected chi connectivity index (χ2v) is 7.03. The van der Waals surface area contributed by atoms with Crippen LogP contribution in [0, 0.1) is 0 Å². The lowest BCUT2D eigenvalue weighted by Gasteiger charge is -2.07. The summed E-state index contributed by atoms with van der Waals surface area (Å²) in [6, 6.07) is 12.9. The van der Waals surface area contributed by atoms with Crippen molar-refractivity contribution >= 4 is 51.5 Å². The van der Waals surface area contributed by atoms with Crippen LogP contribution in [0.2, 0.25) is 5.02 Å². The van der Waals surface area contributed by atoms with Gasteiger partial charge in [0.25, 0.3) is 11.8 Å². The first-order valence-corrected chi connectivity index (χ1v) is 9.38. The fraction of sp³-hybridized carbons (Fsp3) is 0.0526. The Kier molecular flexibility index (Phi) is 6.03. The number of rotatable bonds is 6. The molecule has 7 nitrogen and oxygen atoms in total. The molecule has 0 bridgehead atoms. The fourth-order valence-electron chi connectivity index (χ4n) is 2.38. The van der Waals surface area contributed by atoms with Crippen LogP contribution in [0.15, 0.2) is 53.9 Å². The van der Waals surface area contributed by atoms with E-state index in [9.17, 15) is 14.4 Å². The van der Waals surface area contributed by atoms with Gasteiger partial charge in [-0.3, -0.25) is 19.7 Å². The molecule has 2 aromatic carbocycles. The van der Waals surface area contributed by atoms with E-state index in [4.69, 9.17) is 17.3 Å². The number of thiazole rings is 1. The first kappa shape index (κ1) is 19.5. The van der Waals surface area contributed by atoms with E-state index in [1.54, 1.807) is 47.8 Å². The minimum absolute atomic E-state index is 0.0135. The molecule has 3 amide bonds. The molecule has 0 spiro atoms. The van der Waals surface area contributed by atoms with Gasteiger partial charge in [0.1, 0.15) is 0 Å². The fourth-order valence-corrected chi connectivity index (χ4v) is 3.21. The molecule has 0 aliphatic carbocycles. The van der Waals surface area contributed by atoms with Crippen molar-refractivity contribution in [3.63, 3.8) is 0 Å². The number of carbonyl (C=O) groups excluding carboxylic acids is 3. The number of halogens is 1. The Morgan fingerprint density at radius 2 is 1.75 bits per heavy atom. The number of amides is 3. The van der Waals surface area contributed by atoms with Gasteiger partial charge in [-0.2, -0.15) is 0 Å². The third-order valence-electron chi connectivity index (χ3n) is 3.69. The Balaban J connectivity index is 1.61. The van der Waals surface area contributed by atoms with E-state index < -0.39 is 5.91 Å². The lowest BCUT2D eigenvalue weighted by atomic mass is 10.1. The maximum absolute atomic E-state index is 12.2. The lowest BCUT2D eigenvalue weighted by Crippen LogP contribution is -2.19. The van der Waals surface area contributed by atoms with Gasteiger partial charge in [-0.15, -0.1) is 11.3 Å². The van der Waals surface area contributed by atoms with E-state index in [2.05, 4.69) is 15.6 Å². The average molecular weight is 415 g/mol. The van der Waals surface area contributed by atoms with Crippen LogP contribution in [-0.4, -0.2) is 22.7 Å². The van der Waals surface area contributed by atoms with Crippen LogP contribution in [0.4, 0.5) is 10.8 Å². The zero-order valence-corrected chi connectivity index (χ0v) is 16.0. The summed E-state index contributed by atoms with van der Waals surface area (Å²) in [4.78, 5) is 40.1. The first-order chi connectivity index (χ1) is 13.4. The molecule has 0 unspecified atom stereocenters. The van der Waals surface area contributed by atoms with Gasteiger partial charge in [0, 0.05) is 16.0 Å². The summed E-state index contributed by atoms with van der Waals surface area (Å²) in [5, 5.41) is 7.92. The molecule has 0 atom stereocenters. The van der Waals surface area contributed by atoms with E-state index in [0.717, 1.165) is 0 Å². The number of benzene rings is 2. The second kappa shape index (κ2) is 8.64. The standard InChI is InChI=1S/C19H15ClN4O3S/c20-12-7-5-11(6-8-12)18(27)24-19-22-13(10-28-19)9-16(25)23-15-4-2-1-3-14(15)17(21)26/h1-8,10H,9H2,(H2,21,26)(H,23,25)(H,22,24,27). The number of para-hydroxylation sites is 1. The van der Waals surface area contributed by atoms with Crippen LogP contribution in [0.5, 0.6) is 0 Å². The maximum Gasteiger partial charge on any atom is 0.257 e. The molecule has 9 heteroatoms.